The SMILES string of the molecule is CCc1[nH]nc(C(=O)Nc2ccc(C(=O)OC)cc2)c1N. The molecule has 0 aliphatic carbocycles. The van der Waals surface area contributed by atoms with Crippen LogP contribution in [0.15, 0.2) is 24.3 Å². The third kappa shape index (κ3) is 3.02. The molecule has 0 unspecified atom stereocenters. The Morgan fingerprint density at radius 1 is 1.33 bits per heavy atom. The van der Waals surface area contributed by atoms with Gasteiger partial charge in [0.25, 0.3) is 5.91 Å². The van der Waals surface area contributed by atoms with E-state index in [1.54, 1.807) is 24.3 Å². The van der Waals surface area contributed by atoms with Crippen LogP contribution in [0.3, 0.4) is 0 Å². The highest BCUT2D eigenvalue weighted by atomic mass is 16.5. The van der Waals surface area contributed by atoms with Crippen molar-refractivity contribution in [3.63, 3.8) is 0 Å². The summed E-state index contributed by atoms with van der Waals surface area (Å²) in [4.78, 5) is 23.4. The lowest BCUT2D eigenvalue weighted by molar-refractivity contribution is 0.0600. The Balaban J connectivity index is 2.12. The number of aryl methyl sites for hydroxylation is 1. The van der Waals surface area contributed by atoms with Crippen LogP contribution < -0.4 is 11.1 Å². The molecule has 0 spiro atoms. The summed E-state index contributed by atoms with van der Waals surface area (Å²) in [6.07, 6.45) is 0.667. The number of aromatic amines is 1. The molecule has 0 radical (unpaired) electrons. The van der Waals surface area contributed by atoms with Gasteiger partial charge in [0.05, 0.1) is 24.1 Å². The molecule has 0 aliphatic rings. The lowest BCUT2D eigenvalue weighted by atomic mass is 10.2. The van der Waals surface area contributed by atoms with Crippen molar-refractivity contribution in [3.8, 4) is 0 Å². The van der Waals surface area contributed by atoms with Crippen LogP contribution in [0.5, 0.6) is 0 Å². The number of ether oxygens (including phenoxy) is 1. The predicted octanol–water partition coefficient (Wildman–Crippen LogP) is 1.59. The third-order valence-corrected chi connectivity index (χ3v) is 3.02. The normalized spacial score (nSPS) is 10.2. The maximum atomic E-state index is 12.1. The number of aromatic nitrogens is 2. The van der Waals surface area contributed by atoms with Crippen LogP contribution in [0.1, 0.15) is 33.5 Å². The summed E-state index contributed by atoms with van der Waals surface area (Å²) >= 11 is 0. The van der Waals surface area contributed by atoms with Crippen LogP contribution in [-0.4, -0.2) is 29.2 Å². The van der Waals surface area contributed by atoms with E-state index in [4.69, 9.17) is 5.73 Å². The zero-order valence-electron chi connectivity index (χ0n) is 11.8. The minimum absolute atomic E-state index is 0.156. The summed E-state index contributed by atoms with van der Waals surface area (Å²) in [5, 5.41) is 9.30. The number of carbonyl (C=O) groups is 2. The summed E-state index contributed by atoms with van der Waals surface area (Å²) in [6, 6.07) is 6.33. The van der Waals surface area contributed by atoms with Gasteiger partial charge in [-0.05, 0) is 30.7 Å². The van der Waals surface area contributed by atoms with Gasteiger partial charge in [0.15, 0.2) is 5.69 Å². The van der Waals surface area contributed by atoms with E-state index in [-0.39, 0.29) is 5.69 Å². The number of nitrogens with two attached hydrogens (primary N) is 1. The zero-order chi connectivity index (χ0) is 15.4. The summed E-state index contributed by atoms with van der Waals surface area (Å²) in [5.74, 6) is -0.841. The molecule has 2 aromatic rings. The topological polar surface area (TPSA) is 110 Å². The Labute approximate surface area is 121 Å². The fourth-order valence-electron chi connectivity index (χ4n) is 1.83. The number of nitrogens with zero attached hydrogens (tertiary/aromatic N) is 1. The van der Waals surface area contributed by atoms with Crippen LogP contribution in [0.2, 0.25) is 0 Å². The van der Waals surface area contributed by atoms with Crippen molar-refractivity contribution in [3.05, 3.63) is 41.2 Å². The van der Waals surface area contributed by atoms with Crippen molar-refractivity contribution in [1.82, 2.24) is 10.2 Å². The van der Waals surface area contributed by atoms with Gasteiger partial charge in [-0.25, -0.2) is 4.79 Å². The monoisotopic (exact) mass is 288 g/mol. The van der Waals surface area contributed by atoms with E-state index in [1.807, 2.05) is 6.92 Å². The number of methoxy groups -OCH3 is 1. The highest BCUT2D eigenvalue weighted by Gasteiger charge is 2.16. The van der Waals surface area contributed by atoms with Crippen molar-refractivity contribution in [2.45, 2.75) is 13.3 Å². The average molecular weight is 288 g/mol. The van der Waals surface area contributed by atoms with Crippen LogP contribution >= 0.6 is 0 Å². The zero-order valence-corrected chi connectivity index (χ0v) is 11.8. The van der Waals surface area contributed by atoms with Crippen molar-refractivity contribution in [2.24, 2.45) is 0 Å². The molecule has 0 saturated carbocycles. The first-order valence-corrected chi connectivity index (χ1v) is 6.39. The number of rotatable bonds is 4. The minimum atomic E-state index is -0.433. The first kappa shape index (κ1) is 14.6. The number of hydrogen-bond donors (Lipinski definition) is 3. The Morgan fingerprint density at radius 2 is 2.00 bits per heavy atom. The van der Waals surface area contributed by atoms with Gasteiger partial charge in [0.1, 0.15) is 0 Å². The number of anilines is 2. The Morgan fingerprint density at radius 3 is 2.52 bits per heavy atom. The number of benzene rings is 1. The fraction of sp³-hybridized carbons (Fsp3) is 0.214. The maximum Gasteiger partial charge on any atom is 0.337 e. The standard InChI is InChI=1S/C14H16N4O3/c1-3-10-11(15)12(18-17-10)13(19)16-9-6-4-8(5-7-9)14(20)21-2/h4-7H,3,15H2,1-2H3,(H,16,19)(H,17,18). The van der Waals surface area contributed by atoms with E-state index in [9.17, 15) is 9.59 Å². The molecule has 1 aromatic carbocycles. The Kier molecular flexibility index (Phi) is 4.22. The molecule has 0 fully saturated rings. The minimum Gasteiger partial charge on any atom is -0.465 e. The van der Waals surface area contributed by atoms with E-state index >= 15 is 0 Å². The molecular weight excluding hydrogens is 272 g/mol. The van der Waals surface area contributed by atoms with Crippen LogP contribution in [-0.2, 0) is 11.2 Å². The molecule has 21 heavy (non-hydrogen) atoms. The second-order valence-electron chi connectivity index (χ2n) is 4.34. The summed E-state index contributed by atoms with van der Waals surface area (Å²) in [7, 11) is 1.31. The number of esters is 1. The van der Waals surface area contributed by atoms with Gasteiger partial charge in [0, 0.05) is 5.69 Å². The van der Waals surface area contributed by atoms with Crippen molar-refractivity contribution in [1.29, 1.82) is 0 Å². The molecule has 7 heteroatoms. The second-order valence-corrected chi connectivity index (χ2v) is 4.34. The van der Waals surface area contributed by atoms with Crippen LogP contribution in [0, 0.1) is 0 Å². The molecule has 7 nitrogen and oxygen atoms in total. The van der Waals surface area contributed by atoms with Crippen molar-refractivity contribution < 1.29 is 14.3 Å². The number of hydrogen-bond acceptors (Lipinski definition) is 5. The molecule has 1 amide bonds. The largest absolute Gasteiger partial charge is 0.465 e. The van der Waals surface area contributed by atoms with E-state index in [2.05, 4.69) is 20.3 Å². The molecule has 0 saturated heterocycles. The predicted molar refractivity (Wildman–Crippen MR) is 78.1 cm³/mol. The van der Waals surface area contributed by atoms with Gasteiger partial charge in [-0.15, -0.1) is 0 Å². The lowest BCUT2D eigenvalue weighted by Crippen LogP contribution is -2.14. The van der Waals surface area contributed by atoms with Crippen LogP contribution in [0.25, 0.3) is 0 Å². The third-order valence-electron chi connectivity index (χ3n) is 3.02. The van der Waals surface area contributed by atoms with Gasteiger partial charge in [0.2, 0.25) is 0 Å². The highest BCUT2D eigenvalue weighted by Crippen LogP contribution is 2.17. The van der Waals surface area contributed by atoms with Gasteiger partial charge >= 0.3 is 5.97 Å². The number of amides is 1. The van der Waals surface area contributed by atoms with Gasteiger partial charge in [-0.2, -0.15) is 5.10 Å². The van der Waals surface area contributed by atoms with E-state index in [0.29, 0.717) is 23.4 Å². The molecular formula is C14H16N4O3. The molecule has 4 N–H and O–H groups in total. The highest BCUT2D eigenvalue weighted by molar-refractivity contribution is 6.06. The molecule has 1 aromatic heterocycles. The van der Waals surface area contributed by atoms with Crippen molar-refractivity contribution >= 4 is 23.3 Å². The number of nitrogen functional groups attached to an aromatic ring is 1. The Hall–Kier alpha value is -2.83. The van der Waals surface area contributed by atoms with Gasteiger partial charge in [-0.1, -0.05) is 6.92 Å². The first-order valence-electron chi connectivity index (χ1n) is 6.39. The van der Waals surface area contributed by atoms with Gasteiger partial charge < -0.3 is 15.8 Å². The van der Waals surface area contributed by atoms with E-state index < -0.39 is 11.9 Å². The second kappa shape index (κ2) is 6.08. The van der Waals surface area contributed by atoms with Crippen molar-refractivity contribution in [2.75, 3.05) is 18.2 Å². The van der Waals surface area contributed by atoms with E-state index in [1.165, 1.54) is 7.11 Å². The molecule has 2 rings (SSSR count). The smallest absolute Gasteiger partial charge is 0.337 e. The molecule has 1 heterocycles. The summed E-state index contributed by atoms with van der Waals surface area (Å²) in [5.41, 5.74) is 8.00. The first-order chi connectivity index (χ1) is 10.1. The molecule has 0 aliphatic heterocycles. The number of carbonyl (C=O) groups excluding carboxylic acids is 2. The molecule has 0 atom stereocenters. The molecule has 110 valence electrons. The fourth-order valence-corrected chi connectivity index (χ4v) is 1.83. The number of nitrogens with one attached hydrogen (secondary N) is 2. The average Bonchev–Trinajstić information content (AvgIpc) is 2.88. The Bertz CT molecular complexity index is 661. The van der Waals surface area contributed by atoms with E-state index in [0.717, 1.165) is 5.69 Å². The van der Waals surface area contributed by atoms with Gasteiger partial charge in [-0.3, -0.25) is 9.89 Å². The lowest BCUT2D eigenvalue weighted by Gasteiger charge is -2.05. The van der Waals surface area contributed by atoms with Crippen LogP contribution in [0.4, 0.5) is 11.4 Å². The molecule has 0 bridgehead atoms. The summed E-state index contributed by atoms with van der Waals surface area (Å²) < 4.78 is 4.60. The number of H-pyrrole nitrogens is 1. The summed E-state index contributed by atoms with van der Waals surface area (Å²) in [6.45, 7) is 1.91. The quantitative estimate of drug-likeness (QED) is 0.740. The maximum absolute atomic E-state index is 12.1.